The van der Waals surface area contributed by atoms with Crippen molar-refractivity contribution in [3.63, 3.8) is 0 Å². The fourth-order valence-electron chi connectivity index (χ4n) is 2.61. The number of nitrogens with one attached hydrogen (secondary N) is 2. The van der Waals surface area contributed by atoms with E-state index in [0.29, 0.717) is 55.3 Å². The molecule has 0 bridgehead atoms. The van der Waals surface area contributed by atoms with Crippen LogP contribution in [0, 0.1) is 0 Å². The van der Waals surface area contributed by atoms with Crippen molar-refractivity contribution >= 4 is 30.2 Å². The van der Waals surface area contributed by atoms with Crippen LogP contribution in [0.2, 0.25) is 0 Å². The van der Waals surface area contributed by atoms with Crippen molar-refractivity contribution in [3.05, 3.63) is 29.3 Å². The molecule has 0 radical (unpaired) electrons. The lowest BCUT2D eigenvalue weighted by Gasteiger charge is -2.20. The SMILES string of the molecule is CCCC(C=O)N1C(=O)c2cccc(NCCCO)c2C1=O.CNC=O. The number of imide groups is 1. The fraction of sp³-hybridized carbons (Fsp3) is 0.444. The predicted molar refractivity (Wildman–Crippen MR) is 97.0 cm³/mol. The molecule has 0 spiro atoms. The first kappa shape index (κ1) is 21.3. The quantitative estimate of drug-likeness (QED) is 0.340. The van der Waals surface area contributed by atoms with Gasteiger partial charge < -0.3 is 20.5 Å². The zero-order chi connectivity index (χ0) is 19.5. The maximum atomic E-state index is 12.6. The lowest BCUT2D eigenvalue weighted by atomic mass is 10.1. The molecule has 142 valence electrons. The van der Waals surface area contributed by atoms with Crippen molar-refractivity contribution in [1.29, 1.82) is 0 Å². The van der Waals surface area contributed by atoms with Gasteiger partial charge in [-0.25, -0.2) is 0 Å². The third-order valence-corrected chi connectivity index (χ3v) is 3.79. The maximum Gasteiger partial charge on any atom is 0.264 e. The number of aliphatic hydroxyl groups excluding tert-OH is 1. The first-order chi connectivity index (χ1) is 12.6. The molecule has 26 heavy (non-hydrogen) atoms. The lowest BCUT2D eigenvalue weighted by molar-refractivity contribution is -0.111. The first-order valence-corrected chi connectivity index (χ1v) is 8.49. The fourth-order valence-corrected chi connectivity index (χ4v) is 2.61. The van der Waals surface area contributed by atoms with E-state index >= 15 is 0 Å². The van der Waals surface area contributed by atoms with Crippen molar-refractivity contribution in [2.24, 2.45) is 0 Å². The summed E-state index contributed by atoms with van der Waals surface area (Å²) < 4.78 is 0. The second-order valence-electron chi connectivity index (χ2n) is 5.61. The van der Waals surface area contributed by atoms with Crippen LogP contribution in [0.3, 0.4) is 0 Å². The molecule has 3 amide bonds. The van der Waals surface area contributed by atoms with Crippen LogP contribution in [0.5, 0.6) is 0 Å². The number of hydrogen-bond acceptors (Lipinski definition) is 6. The van der Waals surface area contributed by atoms with E-state index in [4.69, 9.17) is 9.90 Å². The molecule has 0 aromatic heterocycles. The summed E-state index contributed by atoms with van der Waals surface area (Å²) in [5.41, 5.74) is 1.20. The molecule has 0 fully saturated rings. The van der Waals surface area contributed by atoms with Gasteiger partial charge in [-0.3, -0.25) is 19.3 Å². The Bertz CT molecular complexity index is 648. The van der Waals surface area contributed by atoms with Crippen LogP contribution in [0.4, 0.5) is 5.69 Å². The smallest absolute Gasteiger partial charge is 0.264 e. The summed E-state index contributed by atoms with van der Waals surface area (Å²) in [5.74, 6) is -0.853. The summed E-state index contributed by atoms with van der Waals surface area (Å²) in [6.45, 7) is 2.45. The van der Waals surface area contributed by atoms with E-state index in [1.54, 1.807) is 25.2 Å². The number of carbonyl (C=O) groups excluding carboxylic acids is 4. The Hall–Kier alpha value is -2.74. The molecular formula is C18H25N3O5. The van der Waals surface area contributed by atoms with E-state index in [9.17, 15) is 14.4 Å². The lowest BCUT2D eigenvalue weighted by Crippen LogP contribution is -2.40. The van der Waals surface area contributed by atoms with Crippen LogP contribution in [0.25, 0.3) is 0 Å². The Morgan fingerprint density at radius 1 is 1.23 bits per heavy atom. The zero-order valence-corrected chi connectivity index (χ0v) is 15.0. The highest BCUT2D eigenvalue weighted by molar-refractivity contribution is 6.24. The van der Waals surface area contributed by atoms with E-state index in [1.807, 2.05) is 6.92 Å². The molecule has 0 aliphatic carbocycles. The van der Waals surface area contributed by atoms with E-state index in [2.05, 4.69) is 10.6 Å². The van der Waals surface area contributed by atoms with Crippen LogP contribution >= 0.6 is 0 Å². The minimum absolute atomic E-state index is 0.0464. The van der Waals surface area contributed by atoms with Crippen LogP contribution in [-0.2, 0) is 9.59 Å². The van der Waals surface area contributed by atoms with Gasteiger partial charge in [-0.1, -0.05) is 19.4 Å². The minimum atomic E-state index is -0.720. The van der Waals surface area contributed by atoms with Crippen LogP contribution in [-0.4, -0.2) is 60.8 Å². The van der Waals surface area contributed by atoms with E-state index in [0.717, 1.165) is 4.90 Å². The molecule has 8 nitrogen and oxygen atoms in total. The summed E-state index contributed by atoms with van der Waals surface area (Å²) in [6.07, 6.45) is 2.99. The molecule has 0 saturated carbocycles. The van der Waals surface area contributed by atoms with Crippen molar-refractivity contribution in [2.75, 3.05) is 25.5 Å². The molecule has 1 aliphatic heterocycles. The number of rotatable bonds is 9. The van der Waals surface area contributed by atoms with Gasteiger partial charge in [-0.2, -0.15) is 0 Å². The standard InChI is InChI=1S/C16H20N2O4.C2H5NO/c1-2-5-11(10-20)18-15(21)12-6-3-7-13(14(12)16(18)22)17-8-4-9-19;1-3-2-4/h3,6-7,10-11,17,19H,2,4-5,8-9H2,1H3;2H,1H3,(H,3,4). The van der Waals surface area contributed by atoms with Crippen LogP contribution < -0.4 is 10.6 Å². The second-order valence-corrected chi connectivity index (χ2v) is 5.61. The number of amides is 3. The highest BCUT2D eigenvalue weighted by Crippen LogP contribution is 2.31. The van der Waals surface area contributed by atoms with Crippen LogP contribution in [0.1, 0.15) is 46.9 Å². The van der Waals surface area contributed by atoms with Crippen molar-refractivity contribution in [2.45, 2.75) is 32.2 Å². The van der Waals surface area contributed by atoms with Gasteiger partial charge in [0.1, 0.15) is 6.29 Å². The molecule has 0 saturated heterocycles. The average molecular weight is 363 g/mol. The molecule has 1 atom stereocenters. The molecule has 1 aromatic rings. The van der Waals surface area contributed by atoms with E-state index < -0.39 is 17.9 Å². The normalized spacial score (nSPS) is 13.4. The van der Waals surface area contributed by atoms with Gasteiger partial charge in [0.25, 0.3) is 11.8 Å². The summed E-state index contributed by atoms with van der Waals surface area (Å²) >= 11 is 0. The van der Waals surface area contributed by atoms with Gasteiger partial charge in [0, 0.05) is 25.9 Å². The molecule has 1 aromatic carbocycles. The Morgan fingerprint density at radius 3 is 2.46 bits per heavy atom. The van der Waals surface area contributed by atoms with Gasteiger partial charge in [0.15, 0.2) is 0 Å². The molecule has 1 heterocycles. The van der Waals surface area contributed by atoms with Crippen LogP contribution in [0.15, 0.2) is 18.2 Å². The molecule has 8 heteroatoms. The van der Waals surface area contributed by atoms with Gasteiger partial charge in [0.05, 0.1) is 17.2 Å². The van der Waals surface area contributed by atoms with Gasteiger partial charge in [0.2, 0.25) is 6.41 Å². The Labute approximate surface area is 152 Å². The monoisotopic (exact) mass is 363 g/mol. The predicted octanol–water partition coefficient (Wildman–Crippen LogP) is 0.807. The largest absolute Gasteiger partial charge is 0.396 e. The van der Waals surface area contributed by atoms with Crippen molar-refractivity contribution < 1.29 is 24.3 Å². The van der Waals surface area contributed by atoms with Gasteiger partial charge >= 0.3 is 0 Å². The number of aldehydes is 1. The highest BCUT2D eigenvalue weighted by atomic mass is 16.3. The number of carbonyl (C=O) groups is 4. The summed E-state index contributed by atoms with van der Waals surface area (Å²) in [6, 6.07) is 4.30. The summed E-state index contributed by atoms with van der Waals surface area (Å²) in [5, 5.41) is 14.1. The van der Waals surface area contributed by atoms with Crippen molar-refractivity contribution in [1.82, 2.24) is 10.2 Å². The highest BCUT2D eigenvalue weighted by Gasteiger charge is 2.41. The van der Waals surface area contributed by atoms with Crippen molar-refractivity contribution in [3.8, 4) is 0 Å². The Morgan fingerprint density at radius 2 is 1.92 bits per heavy atom. The second kappa shape index (κ2) is 11.0. The molecule has 2 rings (SSSR count). The molecule has 1 aliphatic rings. The summed E-state index contributed by atoms with van der Waals surface area (Å²) in [7, 11) is 1.56. The first-order valence-electron chi connectivity index (χ1n) is 8.49. The Kier molecular flexibility index (Phi) is 9.00. The number of fused-ring (bicyclic) bond motifs is 1. The number of anilines is 1. The Balaban J connectivity index is 0.000000765. The number of nitrogens with zero attached hydrogens (tertiary/aromatic N) is 1. The van der Waals surface area contributed by atoms with E-state index in [1.165, 1.54) is 0 Å². The third kappa shape index (κ3) is 4.89. The van der Waals surface area contributed by atoms with Gasteiger partial charge in [-0.05, 0) is 25.0 Å². The number of benzene rings is 1. The average Bonchev–Trinajstić information content (AvgIpc) is 2.92. The summed E-state index contributed by atoms with van der Waals surface area (Å²) in [4.78, 5) is 46.4. The number of hydrogen-bond donors (Lipinski definition) is 3. The van der Waals surface area contributed by atoms with Gasteiger partial charge in [-0.15, -0.1) is 0 Å². The van der Waals surface area contributed by atoms with E-state index in [-0.39, 0.29) is 6.61 Å². The molecule has 1 unspecified atom stereocenters. The topological polar surface area (TPSA) is 116 Å². The molecular weight excluding hydrogens is 338 g/mol. The molecule has 3 N–H and O–H groups in total. The maximum absolute atomic E-state index is 12.6. The number of aliphatic hydroxyl groups is 1. The zero-order valence-electron chi connectivity index (χ0n) is 15.0. The third-order valence-electron chi connectivity index (χ3n) is 3.79. The minimum Gasteiger partial charge on any atom is -0.396 e.